The van der Waals surface area contributed by atoms with E-state index in [1.165, 1.54) is 0 Å². The van der Waals surface area contributed by atoms with Crippen LogP contribution in [0.2, 0.25) is 0 Å². The minimum Gasteiger partial charge on any atom is -0.443 e. The van der Waals surface area contributed by atoms with Gasteiger partial charge in [0.1, 0.15) is 12.4 Å². The molecule has 1 heterocycles. The van der Waals surface area contributed by atoms with Crippen LogP contribution in [0.5, 0.6) is 0 Å². The van der Waals surface area contributed by atoms with Gasteiger partial charge in [-0.3, -0.25) is 0 Å². The van der Waals surface area contributed by atoms with Gasteiger partial charge in [-0.15, -0.1) is 0 Å². The summed E-state index contributed by atoms with van der Waals surface area (Å²) in [5.74, 6) is 1.51. The molecule has 3 nitrogen and oxygen atoms in total. The molecule has 0 spiro atoms. The Kier molecular flexibility index (Phi) is 2.06. The van der Waals surface area contributed by atoms with Crippen LogP contribution in [0.4, 0.5) is 0 Å². The fourth-order valence-electron chi connectivity index (χ4n) is 0.663. The Balaban J connectivity index is 2.78. The van der Waals surface area contributed by atoms with Gasteiger partial charge >= 0.3 is 0 Å². The van der Waals surface area contributed by atoms with E-state index in [0.29, 0.717) is 17.6 Å². The maximum atomic E-state index is 8.60. The average Bonchev–Trinajstić information content (AvgIpc) is 2.34. The van der Waals surface area contributed by atoms with Crippen LogP contribution in [0, 0.1) is 0 Å². The number of rotatable bonds is 2. The minimum absolute atomic E-state index is 0.0697. The SMILES string of the molecule is CC(C)c1ncc(CO)o1. The summed E-state index contributed by atoms with van der Waals surface area (Å²) >= 11 is 0. The zero-order valence-electron chi connectivity index (χ0n) is 6.16. The Morgan fingerprint density at radius 3 is 2.70 bits per heavy atom. The molecule has 1 aromatic rings. The Hall–Kier alpha value is -0.830. The Bertz CT molecular complexity index is 205. The molecular weight excluding hydrogens is 130 g/mol. The highest BCUT2D eigenvalue weighted by atomic mass is 16.4. The maximum Gasteiger partial charge on any atom is 0.197 e. The van der Waals surface area contributed by atoms with E-state index < -0.39 is 0 Å². The average molecular weight is 141 g/mol. The standard InChI is InChI=1S/C7H11NO2/c1-5(2)7-8-3-6(4-9)10-7/h3,5,9H,4H2,1-2H3. The van der Waals surface area contributed by atoms with E-state index in [2.05, 4.69) is 4.98 Å². The Morgan fingerprint density at radius 1 is 1.70 bits per heavy atom. The van der Waals surface area contributed by atoms with E-state index in [1.54, 1.807) is 6.20 Å². The molecule has 0 atom stereocenters. The molecule has 10 heavy (non-hydrogen) atoms. The highest BCUT2D eigenvalue weighted by molar-refractivity contribution is 4.95. The molecule has 0 unspecified atom stereocenters. The zero-order valence-corrected chi connectivity index (χ0v) is 6.16. The minimum atomic E-state index is -0.0697. The molecule has 1 aromatic heterocycles. The highest BCUT2D eigenvalue weighted by Gasteiger charge is 2.05. The van der Waals surface area contributed by atoms with Crippen LogP contribution >= 0.6 is 0 Å². The third kappa shape index (κ3) is 1.36. The number of oxazole rings is 1. The zero-order chi connectivity index (χ0) is 7.56. The fourth-order valence-corrected chi connectivity index (χ4v) is 0.663. The molecule has 0 aliphatic rings. The molecule has 56 valence electrons. The summed E-state index contributed by atoms with van der Waals surface area (Å²) in [6, 6.07) is 0. The maximum absolute atomic E-state index is 8.60. The van der Waals surface area contributed by atoms with E-state index in [1.807, 2.05) is 13.8 Å². The second-order valence-electron chi connectivity index (χ2n) is 2.48. The topological polar surface area (TPSA) is 46.3 Å². The van der Waals surface area contributed by atoms with Gasteiger partial charge in [0.25, 0.3) is 0 Å². The van der Waals surface area contributed by atoms with Crippen molar-refractivity contribution in [1.29, 1.82) is 0 Å². The normalized spacial score (nSPS) is 10.8. The lowest BCUT2D eigenvalue weighted by Crippen LogP contribution is -1.84. The summed E-state index contributed by atoms with van der Waals surface area (Å²) in [4.78, 5) is 3.96. The lowest BCUT2D eigenvalue weighted by molar-refractivity contribution is 0.242. The van der Waals surface area contributed by atoms with E-state index in [0.717, 1.165) is 0 Å². The fraction of sp³-hybridized carbons (Fsp3) is 0.571. The predicted molar refractivity (Wildman–Crippen MR) is 36.5 cm³/mol. The molecular formula is C7H11NO2. The molecule has 1 N–H and O–H groups in total. The van der Waals surface area contributed by atoms with Gasteiger partial charge in [0, 0.05) is 5.92 Å². The van der Waals surface area contributed by atoms with E-state index in [9.17, 15) is 0 Å². The number of aromatic nitrogens is 1. The number of hydrogen-bond acceptors (Lipinski definition) is 3. The van der Waals surface area contributed by atoms with Crippen LogP contribution in [-0.2, 0) is 6.61 Å². The number of aliphatic hydroxyl groups excluding tert-OH is 1. The predicted octanol–water partition coefficient (Wildman–Crippen LogP) is 1.29. The molecule has 0 bridgehead atoms. The molecule has 0 aliphatic carbocycles. The molecule has 0 radical (unpaired) electrons. The van der Waals surface area contributed by atoms with Crippen molar-refractivity contribution in [3.8, 4) is 0 Å². The molecule has 3 heteroatoms. The smallest absolute Gasteiger partial charge is 0.197 e. The first-order valence-corrected chi connectivity index (χ1v) is 3.29. The monoisotopic (exact) mass is 141 g/mol. The number of aliphatic hydroxyl groups is 1. The van der Waals surface area contributed by atoms with Crippen LogP contribution in [-0.4, -0.2) is 10.1 Å². The van der Waals surface area contributed by atoms with Gasteiger partial charge in [0.15, 0.2) is 5.89 Å². The van der Waals surface area contributed by atoms with Gasteiger partial charge in [0.2, 0.25) is 0 Å². The quantitative estimate of drug-likeness (QED) is 0.675. The van der Waals surface area contributed by atoms with Gasteiger partial charge in [-0.2, -0.15) is 0 Å². The Morgan fingerprint density at radius 2 is 2.40 bits per heavy atom. The van der Waals surface area contributed by atoms with Crippen molar-refractivity contribution in [2.24, 2.45) is 0 Å². The molecule has 0 fully saturated rings. The first-order chi connectivity index (χ1) is 4.74. The summed E-state index contributed by atoms with van der Waals surface area (Å²) in [7, 11) is 0. The van der Waals surface area contributed by atoms with Crippen LogP contribution in [0.25, 0.3) is 0 Å². The summed E-state index contributed by atoms with van der Waals surface area (Å²) in [6.45, 7) is 3.92. The van der Waals surface area contributed by atoms with Crippen LogP contribution in [0.3, 0.4) is 0 Å². The largest absolute Gasteiger partial charge is 0.443 e. The van der Waals surface area contributed by atoms with Crippen molar-refractivity contribution in [2.45, 2.75) is 26.4 Å². The van der Waals surface area contributed by atoms with E-state index in [4.69, 9.17) is 9.52 Å². The van der Waals surface area contributed by atoms with Crippen LogP contribution < -0.4 is 0 Å². The van der Waals surface area contributed by atoms with Crippen LogP contribution in [0.1, 0.15) is 31.4 Å². The molecule has 0 saturated heterocycles. The van der Waals surface area contributed by atoms with Crippen molar-refractivity contribution in [3.63, 3.8) is 0 Å². The molecule has 0 aliphatic heterocycles. The van der Waals surface area contributed by atoms with Crippen molar-refractivity contribution >= 4 is 0 Å². The van der Waals surface area contributed by atoms with E-state index >= 15 is 0 Å². The first kappa shape index (κ1) is 7.28. The van der Waals surface area contributed by atoms with Gasteiger partial charge in [-0.05, 0) is 0 Å². The van der Waals surface area contributed by atoms with Gasteiger partial charge < -0.3 is 9.52 Å². The second-order valence-corrected chi connectivity index (χ2v) is 2.48. The molecule has 0 saturated carbocycles. The third-order valence-electron chi connectivity index (χ3n) is 1.22. The lowest BCUT2D eigenvalue weighted by atomic mass is 10.2. The van der Waals surface area contributed by atoms with Gasteiger partial charge in [0.05, 0.1) is 6.20 Å². The number of hydrogen-bond donors (Lipinski definition) is 1. The molecule has 0 amide bonds. The van der Waals surface area contributed by atoms with Gasteiger partial charge in [-0.1, -0.05) is 13.8 Å². The van der Waals surface area contributed by atoms with Crippen molar-refractivity contribution < 1.29 is 9.52 Å². The van der Waals surface area contributed by atoms with Crippen molar-refractivity contribution in [2.75, 3.05) is 0 Å². The summed E-state index contributed by atoms with van der Waals surface area (Å²) in [5.41, 5.74) is 0. The highest BCUT2D eigenvalue weighted by Crippen LogP contribution is 2.13. The molecule has 0 aromatic carbocycles. The first-order valence-electron chi connectivity index (χ1n) is 3.29. The summed E-state index contributed by atoms with van der Waals surface area (Å²) in [6.07, 6.45) is 1.55. The summed E-state index contributed by atoms with van der Waals surface area (Å²) < 4.78 is 5.13. The van der Waals surface area contributed by atoms with E-state index in [-0.39, 0.29) is 6.61 Å². The number of nitrogens with zero attached hydrogens (tertiary/aromatic N) is 1. The third-order valence-corrected chi connectivity index (χ3v) is 1.22. The van der Waals surface area contributed by atoms with Crippen LogP contribution in [0.15, 0.2) is 10.6 Å². The van der Waals surface area contributed by atoms with Crippen molar-refractivity contribution in [3.05, 3.63) is 17.8 Å². The second kappa shape index (κ2) is 2.84. The van der Waals surface area contributed by atoms with Gasteiger partial charge in [-0.25, -0.2) is 4.98 Å². The lowest BCUT2D eigenvalue weighted by Gasteiger charge is -1.94. The van der Waals surface area contributed by atoms with Crippen molar-refractivity contribution in [1.82, 2.24) is 4.98 Å². The Labute approximate surface area is 59.7 Å². The molecule has 1 rings (SSSR count). The summed E-state index contributed by atoms with van der Waals surface area (Å²) in [5, 5.41) is 8.60.